The molecule has 0 unspecified atom stereocenters. The van der Waals surface area contributed by atoms with E-state index in [0.717, 1.165) is 22.0 Å². The van der Waals surface area contributed by atoms with E-state index in [1.165, 1.54) is 6.07 Å². The molecule has 2 heterocycles. The number of hydrogen-bond donors (Lipinski definition) is 0. The van der Waals surface area contributed by atoms with Crippen LogP contribution in [0.2, 0.25) is 0 Å². The van der Waals surface area contributed by atoms with E-state index in [9.17, 15) is 9.18 Å². The molecular weight excluding hydrogens is 393 g/mol. The first-order valence-electron chi connectivity index (χ1n) is 10.4. The molecule has 0 N–H and O–H groups in total. The van der Waals surface area contributed by atoms with Crippen molar-refractivity contribution in [3.8, 4) is 11.3 Å². The summed E-state index contributed by atoms with van der Waals surface area (Å²) in [6.45, 7) is 4.30. The number of fused-ring (bicyclic) bond motifs is 1. The molecule has 4 aromatic rings. The van der Waals surface area contributed by atoms with E-state index in [0.29, 0.717) is 43.2 Å². The van der Waals surface area contributed by atoms with Crippen LogP contribution in [0, 0.1) is 12.7 Å². The van der Waals surface area contributed by atoms with Gasteiger partial charge >= 0.3 is 0 Å². The number of benzene rings is 3. The second-order valence-electron chi connectivity index (χ2n) is 7.84. The highest BCUT2D eigenvalue weighted by molar-refractivity contribution is 6.01. The number of piperazine rings is 1. The number of halogens is 1. The van der Waals surface area contributed by atoms with Gasteiger partial charge in [-0.15, -0.1) is 0 Å². The number of carbonyl (C=O) groups excluding carboxylic acids is 1. The lowest BCUT2D eigenvalue weighted by atomic mass is 10.0. The van der Waals surface area contributed by atoms with E-state index in [1.807, 2.05) is 59.2 Å². The maximum absolute atomic E-state index is 14.1. The first-order chi connectivity index (χ1) is 15.1. The van der Waals surface area contributed by atoms with Crippen LogP contribution in [0.5, 0.6) is 0 Å². The quantitative estimate of drug-likeness (QED) is 0.477. The third-order valence-corrected chi connectivity index (χ3v) is 5.80. The molecule has 1 fully saturated rings. The van der Waals surface area contributed by atoms with Crippen LogP contribution in [0.1, 0.15) is 15.9 Å². The minimum Gasteiger partial charge on any atom is -0.366 e. The zero-order valence-electron chi connectivity index (χ0n) is 17.2. The van der Waals surface area contributed by atoms with Crippen molar-refractivity contribution in [2.45, 2.75) is 6.92 Å². The van der Waals surface area contributed by atoms with Crippen LogP contribution in [-0.2, 0) is 0 Å². The van der Waals surface area contributed by atoms with E-state index in [1.54, 1.807) is 18.2 Å². The average molecular weight is 415 g/mol. The van der Waals surface area contributed by atoms with E-state index in [-0.39, 0.29) is 11.7 Å². The third-order valence-electron chi connectivity index (χ3n) is 5.80. The Morgan fingerprint density at radius 3 is 2.45 bits per heavy atom. The Hall–Kier alpha value is -3.67. The molecule has 6 heteroatoms. The monoisotopic (exact) mass is 415 g/mol. The van der Waals surface area contributed by atoms with Gasteiger partial charge < -0.3 is 14.3 Å². The Morgan fingerprint density at radius 1 is 0.968 bits per heavy atom. The summed E-state index contributed by atoms with van der Waals surface area (Å²) in [6.07, 6.45) is 0. The van der Waals surface area contributed by atoms with Crippen LogP contribution >= 0.6 is 0 Å². The summed E-state index contributed by atoms with van der Waals surface area (Å²) in [6, 6.07) is 20.2. The predicted molar refractivity (Wildman–Crippen MR) is 119 cm³/mol. The Morgan fingerprint density at radius 2 is 1.71 bits per heavy atom. The van der Waals surface area contributed by atoms with Crippen LogP contribution in [0.4, 0.5) is 10.1 Å². The molecule has 0 aliphatic carbocycles. The number of nitrogens with zero attached hydrogens (tertiary/aromatic N) is 3. The molecule has 1 aliphatic heterocycles. The number of aryl methyl sites for hydroxylation is 1. The highest BCUT2D eigenvalue weighted by atomic mass is 19.1. The van der Waals surface area contributed by atoms with Crippen LogP contribution < -0.4 is 4.90 Å². The first kappa shape index (κ1) is 19.3. The number of anilines is 1. The number of rotatable bonds is 3. The Kier molecular flexibility index (Phi) is 4.90. The van der Waals surface area contributed by atoms with Crippen molar-refractivity contribution in [3.63, 3.8) is 0 Å². The molecule has 0 spiro atoms. The minimum atomic E-state index is -0.233. The summed E-state index contributed by atoms with van der Waals surface area (Å²) >= 11 is 0. The van der Waals surface area contributed by atoms with E-state index in [4.69, 9.17) is 4.52 Å². The van der Waals surface area contributed by atoms with Crippen molar-refractivity contribution < 1.29 is 13.7 Å². The maximum atomic E-state index is 14.1. The number of carbonyl (C=O) groups is 1. The van der Waals surface area contributed by atoms with Crippen molar-refractivity contribution in [2.75, 3.05) is 31.1 Å². The highest BCUT2D eigenvalue weighted by Crippen LogP contribution is 2.30. The molecule has 0 bridgehead atoms. The second-order valence-corrected chi connectivity index (χ2v) is 7.84. The van der Waals surface area contributed by atoms with Crippen molar-refractivity contribution in [1.29, 1.82) is 0 Å². The van der Waals surface area contributed by atoms with Gasteiger partial charge in [0.25, 0.3) is 5.91 Å². The van der Waals surface area contributed by atoms with Crippen molar-refractivity contribution in [2.24, 2.45) is 0 Å². The van der Waals surface area contributed by atoms with E-state index < -0.39 is 0 Å². The molecule has 3 aromatic carbocycles. The summed E-state index contributed by atoms with van der Waals surface area (Å²) in [4.78, 5) is 17.0. The summed E-state index contributed by atoms with van der Waals surface area (Å²) in [5, 5.41) is 4.96. The van der Waals surface area contributed by atoms with Gasteiger partial charge in [0.1, 0.15) is 11.3 Å². The molecule has 0 saturated carbocycles. The summed E-state index contributed by atoms with van der Waals surface area (Å²) in [5.74, 6) is 0.393. The smallest absolute Gasteiger partial charge is 0.254 e. The summed E-state index contributed by atoms with van der Waals surface area (Å²) in [7, 11) is 0. The number of amides is 1. The van der Waals surface area contributed by atoms with Crippen LogP contribution in [0.15, 0.2) is 71.3 Å². The Labute approximate surface area is 179 Å². The van der Waals surface area contributed by atoms with Gasteiger partial charge in [-0.3, -0.25) is 4.79 Å². The zero-order valence-corrected chi connectivity index (χ0v) is 17.2. The van der Waals surface area contributed by atoms with Crippen molar-refractivity contribution in [3.05, 3.63) is 83.7 Å². The molecule has 5 rings (SSSR count). The van der Waals surface area contributed by atoms with Gasteiger partial charge in [0, 0.05) is 37.3 Å². The van der Waals surface area contributed by atoms with Crippen LogP contribution in [-0.4, -0.2) is 42.1 Å². The maximum Gasteiger partial charge on any atom is 0.254 e. The summed E-state index contributed by atoms with van der Waals surface area (Å²) < 4.78 is 19.7. The van der Waals surface area contributed by atoms with Crippen LogP contribution in [0.25, 0.3) is 22.2 Å². The van der Waals surface area contributed by atoms with Gasteiger partial charge in [0.15, 0.2) is 5.76 Å². The van der Waals surface area contributed by atoms with Gasteiger partial charge in [-0.05, 0) is 37.3 Å². The molecule has 1 aromatic heterocycles. The van der Waals surface area contributed by atoms with Gasteiger partial charge in [0.05, 0.1) is 11.1 Å². The van der Waals surface area contributed by atoms with E-state index >= 15 is 0 Å². The third kappa shape index (κ3) is 3.65. The molecule has 0 radical (unpaired) electrons. The molecular formula is C25H22FN3O2. The lowest BCUT2D eigenvalue weighted by molar-refractivity contribution is 0.0747. The fraction of sp³-hybridized carbons (Fsp3) is 0.200. The average Bonchev–Trinajstić information content (AvgIpc) is 3.23. The van der Waals surface area contributed by atoms with Gasteiger partial charge in [0.2, 0.25) is 0 Å². The lowest BCUT2D eigenvalue weighted by Gasteiger charge is -2.36. The van der Waals surface area contributed by atoms with Gasteiger partial charge in [-0.25, -0.2) is 4.39 Å². The van der Waals surface area contributed by atoms with Crippen molar-refractivity contribution >= 4 is 22.5 Å². The van der Waals surface area contributed by atoms with Crippen molar-refractivity contribution in [1.82, 2.24) is 10.1 Å². The molecule has 1 saturated heterocycles. The zero-order chi connectivity index (χ0) is 21.4. The second kappa shape index (κ2) is 7.87. The molecule has 0 atom stereocenters. The topological polar surface area (TPSA) is 49.6 Å². The molecule has 1 aliphatic rings. The minimum absolute atomic E-state index is 0.0360. The van der Waals surface area contributed by atoms with Gasteiger partial charge in [-0.2, -0.15) is 0 Å². The fourth-order valence-corrected chi connectivity index (χ4v) is 4.03. The first-order valence-corrected chi connectivity index (χ1v) is 10.4. The van der Waals surface area contributed by atoms with Crippen LogP contribution in [0.3, 0.4) is 0 Å². The lowest BCUT2D eigenvalue weighted by Crippen LogP contribution is -2.49. The van der Waals surface area contributed by atoms with E-state index in [2.05, 4.69) is 5.16 Å². The molecule has 1 amide bonds. The molecule has 5 nitrogen and oxygen atoms in total. The summed E-state index contributed by atoms with van der Waals surface area (Å²) in [5.41, 5.74) is 4.00. The Bertz CT molecular complexity index is 1240. The Balaban J connectivity index is 1.36. The number of hydrogen-bond acceptors (Lipinski definition) is 4. The number of para-hydroxylation sites is 1. The molecule has 156 valence electrons. The molecule has 31 heavy (non-hydrogen) atoms. The highest BCUT2D eigenvalue weighted by Gasteiger charge is 2.24. The standard InChI is InChI=1S/C25H22FN3O2/c1-17-6-8-18(9-7-17)24-20-16-19(10-11-22(20)27-31-24)25(30)29-14-12-28(13-15-29)23-5-3-2-4-21(23)26/h2-11,16H,12-15H2,1H3. The SMILES string of the molecule is Cc1ccc(-c2onc3ccc(C(=O)N4CCN(c5ccccc5F)CC4)cc23)cc1. The normalized spacial score (nSPS) is 14.3. The van der Waals surface area contributed by atoms with Gasteiger partial charge in [-0.1, -0.05) is 47.1 Å². The predicted octanol–water partition coefficient (Wildman–Crippen LogP) is 4.90. The number of aromatic nitrogens is 1. The largest absolute Gasteiger partial charge is 0.366 e. The fourth-order valence-electron chi connectivity index (χ4n) is 4.03.